The fourth-order valence-corrected chi connectivity index (χ4v) is 5.02. The number of aliphatic hydroxyl groups is 6. The van der Waals surface area contributed by atoms with E-state index < -0.39 is 97.8 Å². The molecule has 16 N–H and O–H groups in total. The number of hydrogen-bond donors (Lipinski definition) is 11. The highest BCUT2D eigenvalue weighted by atomic mass is 35.5. The lowest BCUT2D eigenvalue weighted by Gasteiger charge is -2.52. The Hall–Kier alpha value is -0.310. The molecule has 16 heteroatoms. The lowest BCUT2D eigenvalue weighted by molar-refractivity contribution is -0.322. The smallest absolute Gasteiger partial charge is 0.186 e. The van der Waals surface area contributed by atoms with Crippen LogP contribution in [0.1, 0.15) is 6.42 Å². The highest BCUT2D eigenvalue weighted by Crippen LogP contribution is 2.35. The SMILES string of the molecule is NC[C@H]1O[C@H](O[C@H]2[C@H](O)[C@@H](O[C@H]3O[C@H](CCl)[C@@H](O)[C@H](N)[C@H]3O)[C@@](N)(CO)C[C@@H]2N)[C@H](N)[C@@H](O)[C@@H]1O. The van der Waals surface area contributed by atoms with E-state index in [2.05, 4.69) is 0 Å². The molecule has 15 atom stereocenters. The summed E-state index contributed by atoms with van der Waals surface area (Å²) in [6.07, 6.45) is -14.7. The van der Waals surface area contributed by atoms with E-state index in [-0.39, 0.29) is 18.8 Å². The second-order valence-electron chi connectivity index (χ2n) is 9.50. The van der Waals surface area contributed by atoms with Crippen molar-refractivity contribution in [3.63, 3.8) is 0 Å². The van der Waals surface area contributed by atoms with Crippen LogP contribution >= 0.6 is 11.6 Å². The molecule has 1 aliphatic carbocycles. The summed E-state index contributed by atoms with van der Waals surface area (Å²) in [5.41, 5.74) is 28.3. The topological polar surface area (TPSA) is 288 Å². The molecule has 35 heavy (non-hydrogen) atoms. The molecule has 1 saturated carbocycles. The molecule has 0 aromatic heterocycles. The molecule has 3 fully saturated rings. The van der Waals surface area contributed by atoms with Crippen LogP contribution in [-0.2, 0) is 18.9 Å². The predicted octanol–water partition coefficient (Wildman–Crippen LogP) is -6.72. The second-order valence-corrected chi connectivity index (χ2v) is 9.81. The summed E-state index contributed by atoms with van der Waals surface area (Å²) >= 11 is 5.82. The minimum atomic E-state index is -1.61. The largest absolute Gasteiger partial charge is 0.394 e. The van der Waals surface area contributed by atoms with Gasteiger partial charge in [-0.05, 0) is 6.42 Å². The standard InChI is InChI=1S/C19H38ClN5O10/c20-2-6-10(27)8(23)13(30)18(32-6)35-16-14(31)15(5(22)1-19(16,25)4-26)34-17-9(24)12(29)11(28)7(3-21)33-17/h5-18,26-31H,1-4,21-25H2/t5-,6+,7+,8-,9+,10+,11+,12+,13+,14-,15+,16+,17+,18+,19-/m0/s1. The second kappa shape index (κ2) is 11.6. The summed E-state index contributed by atoms with van der Waals surface area (Å²) in [5.74, 6) is -0.160. The summed E-state index contributed by atoms with van der Waals surface area (Å²) in [4.78, 5) is 0. The fourth-order valence-electron chi connectivity index (χ4n) is 4.76. The summed E-state index contributed by atoms with van der Waals surface area (Å²) < 4.78 is 22.7. The molecule has 3 rings (SSSR count). The van der Waals surface area contributed by atoms with Gasteiger partial charge >= 0.3 is 0 Å². The Morgan fingerprint density at radius 3 is 2.03 bits per heavy atom. The number of rotatable bonds is 7. The molecule has 0 aromatic rings. The van der Waals surface area contributed by atoms with Crippen LogP contribution in [0.3, 0.4) is 0 Å². The molecule has 0 radical (unpaired) electrons. The van der Waals surface area contributed by atoms with Crippen molar-refractivity contribution in [1.29, 1.82) is 0 Å². The Kier molecular flexibility index (Phi) is 9.70. The molecular formula is C19H38ClN5O10. The maximum Gasteiger partial charge on any atom is 0.186 e. The third-order valence-corrected chi connectivity index (χ3v) is 7.31. The molecule has 15 nitrogen and oxygen atoms in total. The highest BCUT2D eigenvalue weighted by Gasteiger charge is 2.56. The van der Waals surface area contributed by atoms with Crippen molar-refractivity contribution in [2.24, 2.45) is 28.7 Å². The molecule has 0 aromatic carbocycles. The molecule has 0 bridgehead atoms. The average Bonchev–Trinajstić information content (AvgIpc) is 2.83. The maximum atomic E-state index is 11.2. The minimum Gasteiger partial charge on any atom is -0.394 e. The van der Waals surface area contributed by atoms with Crippen LogP contribution in [-0.4, -0.2) is 141 Å². The summed E-state index contributed by atoms with van der Waals surface area (Å²) in [5, 5.41) is 62.1. The van der Waals surface area contributed by atoms with Crippen molar-refractivity contribution in [1.82, 2.24) is 0 Å². The van der Waals surface area contributed by atoms with Gasteiger partial charge in [0.25, 0.3) is 0 Å². The van der Waals surface area contributed by atoms with E-state index in [4.69, 9.17) is 59.2 Å². The van der Waals surface area contributed by atoms with Crippen molar-refractivity contribution in [2.45, 2.75) is 97.6 Å². The van der Waals surface area contributed by atoms with Gasteiger partial charge in [-0.3, -0.25) is 0 Å². The quantitative estimate of drug-likeness (QED) is 0.136. The van der Waals surface area contributed by atoms with E-state index in [1.165, 1.54) is 0 Å². The van der Waals surface area contributed by atoms with Crippen molar-refractivity contribution in [3.8, 4) is 0 Å². The van der Waals surface area contributed by atoms with E-state index in [0.29, 0.717) is 0 Å². The van der Waals surface area contributed by atoms with Gasteiger partial charge in [-0.2, -0.15) is 0 Å². The van der Waals surface area contributed by atoms with E-state index in [1.807, 2.05) is 0 Å². The normalized spacial score (nSPS) is 53.5. The molecule has 2 heterocycles. The molecule has 2 aliphatic heterocycles. The van der Waals surface area contributed by atoms with Gasteiger partial charge < -0.3 is 78.3 Å². The lowest BCUT2D eigenvalue weighted by Crippen LogP contribution is -2.74. The van der Waals surface area contributed by atoms with Gasteiger partial charge in [-0.1, -0.05) is 0 Å². The van der Waals surface area contributed by atoms with Crippen LogP contribution in [0, 0.1) is 0 Å². The van der Waals surface area contributed by atoms with E-state index >= 15 is 0 Å². The Labute approximate surface area is 207 Å². The molecule has 0 unspecified atom stereocenters. The Morgan fingerprint density at radius 2 is 1.46 bits per heavy atom. The Balaban J connectivity index is 1.81. The molecular weight excluding hydrogens is 494 g/mol. The zero-order valence-corrected chi connectivity index (χ0v) is 19.7. The first-order chi connectivity index (χ1) is 16.4. The first-order valence-corrected chi connectivity index (χ1v) is 11.9. The van der Waals surface area contributed by atoms with Crippen LogP contribution in [0.15, 0.2) is 0 Å². The van der Waals surface area contributed by atoms with Gasteiger partial charge in [0.15, 0.2) is 12.6 Å². The third-order valence-electron chi connectivity index (χ3n) is 7.01. The minimum absolute atomic E-state index is 0.111. The van der Waals surface area contributed by atoms with Gasteiger partial charge in [-0.15, -0.1) is 11.6 Å². The van der Waals surface area contributed by atoms with Gasteiger partial charge in [0.2, 0.25) is 0 Å². The van der Waals surface area contributed by atoms with E-state index in [0.717, 1.165) is 0 Å². The Bertz CT molecular complexity index is 700. The number of alkyl halides is 1. The van der Waals surface area contributed by atoms with Gasteiger partial charge in [0.1, 0.15) is 48.8 Å². The van der Waals surface area contributed by atoms with Gasteiger partial charge in [0, 0.05) is 12.6 Å². The number of ether oxygens (including phenoxy) is 4. The van der Waals surface area contributed by atoms with Crippen molar-refractivity contribution in [3.05, 3.63) is 0 Å². The molecule has 0 spiro atoms. The summed E-state index contributed by atoms with van der Waals surface area (Å²) in [6, 6.07) is -3.33. The van der Waals surface area contributed by atoms with Crippen LogP contribution in [0.4, 0.5) is 0 Å². The van der Waals surface area contributed by atoms with Crippen LogP contribution in [0.2, 0.25) is 0 Å². The first kappa shape index (κ1) is 29.2. The molecule has 206 valence electrons. The molecule has 0 amide bonds. The predicted molar refractivity (Wildman–Crippen MR) is 119 cm³/mol. The molecule has 2 saturated heterocycles. The maximum absolute atomic E-state index is 11.2. The van der Waals surface area contributed by atoms with Gasteiger partial charge in [0.05, 0.1) is 36.2 Å². The first-order valence-electron chi connectivity index (χ1n) is 11.3. The average molecular weight is 532 g/mol. The van der Waals surface area contributed by atoms with Crippen molar-refractivity contribution < 1.29 is 49.6 Å². The number of hydrogen-bond acceptors (Lipinski definition) is 15. The highest BCUT2D eigenvalue weighted by molar-refractivity contribution is 6.18. The molecule has 3 aliphatic rings. The third kappa shape index (κ3) is 5.61. The van der Waals surface area contributed by atoms with E-state index in [1.54, 1.807) is 0 Å². The lowest BCUT2D eigenvalue weighted by atomic mass is 9.74. The van der Waals surface area contributed by atoms with Crippen molar-refractivity contribution in [2.75, 3.05) is 19.0 Å². The van der Waals surface area contributed by atoms with Crippen LogP contribution < -0.4 is 28.7 Å². The summed E-state index contributed by atoms with van der Waals surface area (Å²) in [7, 11) is 0. The number of aliphatic hydroxyl groups excluding tert-OH is 6. The fraction of sp³-hybridized carbons (Fsp3) is 1.00. The van der Waals surface area contributed by atoms with Crippen LogP contribution in [0.25, 0.3) is 0 Å². The zero-order chi connectivity index (χ0) is 26.2. The monoisotopic (exact) mass is 531 g/mol. The zero-order valence-electron chi connectivity index (χ0n) is 19.0. The van der Waals surface area contributed by atoms with E-state index in [9.17, 15) is 30.6 Å². The van der Waals surface area contributed by atoms with Crippen LogP contribution in [0.5, 0.6) is 0 Å². The number of halogens is 1. The van der Waals surface area contributed by atoms with Gasteiger partial charge in [-0.25, -0.2) is 0 Å². The van der Waals surface area contributed by atoms with Crippen molar-refractivity contribution >= 4 is 11.6 Å². The summed E-state index contributed by atoms with van der Waals surface area (Å²) in [6.45, 7) is -0.803. The number of nitrogens with two attached hydrogens (primary N) is 5. The Morgan fingerprint density at radius 1 is 0.829 bits per heavy atom.